The predicted octanol–water partition coefficient (Wildman–Crippen LogP) is 6.21. The fourth-order valence-corrected chi connectivity index (χ4v) is 7.97. The summed E-state index contributed by atoms with van der Waals surface area (Å²) in [5, 5.41) is 10.6. The highest BCUT2D eigenvalue weighted by Crippen LogP contribution is 2.72. The molecule has 4 aliphatic carbocycles. The van der Waals surface area contributed by atoms with E-state index in [9.17, 15) is 10.1 Å². The molecular formula is C28H40O5. The van der Waals surface area contributed by atoms with Crippen molar-refractivity contribution in [2.75, 3.05) is 0 Å². The average Bonchev–Trinajstić information content (AvgIpc) is 3.11. The highest BCUT2D eigenvalue weighted by Gasteiger charge is 2.75. The van der Waals surface area contributed by atoms with Crippen LogP contribution < -0.4 is 0 Å². The molecule has 0 unspecified atom stereocenters. The molecule has 2 heterocycles. The molecule has 6 aliphatic rings. The van der Waals surface area contributed by atoms with Crippen LogP contribution in [0.3, 0.4) is 0 Å². The second-order valence-corrected chi connectivity index (χ2v) is 12.2. The largest absolute Gasteiger partial charge is 0.295 e. The van der Waals surface area contributed by atoms with Crippen LogP contribution >= 0.6 is 0 Å². The summed E-state index contributed by atoms with van der Waals surface area (Å²) in [5.74, 6) is 2.11. The Morgan fingerprint density at radius 2 is 1.88 bits per heavy atom. The van der Waals surface area contributed by atoms with Crippen LogP contribution in [0.15, 0.2) is 35.5 Å². The summed E-state index contributed by atoms with van der Waals surface area (Å²) in [4.78, 5) is 29.9. The van der Waals surface area contributed by atoms with Gasteiger partial charge in [0.2, 0.25) is 0 Å². The Balaban J connectivity index is 1.55. The van der Waals surface area contributed by atoms with Crippen molar-refractivity contribution < 1.29 is 24.7 Å². The van der Waals surface area contributed by atoms with Crippen LogP contribution in [0.1, 0.15) is 80.1 Å². The highest BCUT2D eigenvalue weighted by molar-refractivity contribution is 5.92. The third kappa shape index (κ3) is 2.89. The molecule has 2 aliphatic heterocycles. The number of ketones is 1. The molecule has 5 heteroatoms. The molecule has 1 N–H and O–H groups in total. The maximum atomic E-state index is 12.3. The molecule has 1 saturated heterocycles. The van der Waals surface area contributed by atoms with E-state index in [2.05, 4.69) is 59.8 Å². The van der Waals surface area contributed by atoms with Crippen LogP contribution in [-0.4, -0.2) is 28.3 Å². The SMILES string of the molecule is CC(C)[C@@H](C)/C=C/[C@@H](C)[C@H]1CC[C@@]2(OO)C3=C[C@@H]4OO[C@@]3(CC[C@]12C)[C@@]1(C)CCC(=O)C=C41. The van der Waals surface area contributed by atoms with Crippen LogP contribution in [0.4, 0.5) is 0 Å². The zero-order valence-electron chi connectivity index (χ0n) is 21.0. The average molecular weight is 457 g/mol. The van der Waals surface area contributed by atoms with E-state index in [0.717, 1.165) is 43.3 Å². The zero-order valence-corrected chi connectivity index (χ0v) is 21.0. The third-order valence-electron chi connectivity index (χ3n) is 10.6. The van der Waals surface area contributed by atoms with E-state index < -0.39 is 17.3 Å². The van der Waals surface area contributed by atoms with Crippen LogP contribution in [0.5, 0.6) is 0 Å². The van der Waals surface area contributed by atoms with Crippen molar-refractivity contribution in [1.29, 1.82) is 0 Å². The highest BCUT2D eigenvalue weighted by atomic mass is 17.2. The molecule has 0 aromatic heterocycles. The number of hydrogen-bond donors (Lipinski definition) is 1. The molecular weight excluding hydrogens is 416 g/mol. The van der Waals surface area contributed by atoms with Gasteiger partial charge in [0.25, 0.3) is 0 Å². The lowest BCUT2D eigenvalue weighted by molar-refractivity contribution is -0.438. The summed E-state index contributed by atoms with van der Waals surface area (Å²) >= 11 is 0. The van der Waals surface area contributed by atoms with E-state index in [1.54, 1.807) is 6.08 Å². The number of fused-ring (bicyclic) bond motifs is 2. The van der Waals surface area contributed by atoms with Crippen molar-refractivity contribution >= 4 is 5.78 Å². The van der Waals surface area contributed by atoms with E-state index >= 15 is 0 Å². The number of allylic oxidation sites excluding steroid dienone is 3. The number of carbonyl (C=O) groups excluding carboxylic acids is 1. The standard InChI is InChI=1S/C28H40O5/c1-17(2)18(3)7-8-19(4)21-10-12-27(32-30)24-16-23-22-15-20(29)9-11-25(22,5)28(24,33-31-23)14-13-26(21,27)6/h7-8,15-19,21,23,30H,9-14H2,1-6H3/b8-7+/t18-,19+,21+,23-,25-,26+,27+,28+/m0/s1. The number of rotatable bonds is 5. The van der Waals surface area contributed by atoms with Gasteiger partial charge in [-0.15, -0.1) is 0 Å². The second-order valence-electron chi connectivity index (χ2n) is 12.2. The Hall–Kier alpha value is -1.27. The predicted molar refractivity (Wildman–Crippen MR) is 126 cm³/mol. The smallest absolute Gasteiger partial charge is 0.155 e. The Morgan fingerprint density at radius 3 is 2.58 bits per heavy atom. The van der Waals surface area contributed by atoms with Gasteiger partial charge >= 0.3 is 0 Å². The molecule has 0 aromatic carbocycles. The minimum Gasteiger partial charge on any atom is -0.295 e. The molecule has 5 nitrogen and oxygen atoms in total. The quantitative estimate of drug-likeness (QED) is 0.302. The summed E-state index contributed by atoms with van der Waals surface area (Å²) < 4.78 is 0. The molecule has 1 spiro atoms. The van der Waals surface area contributed by atoms with Gasteiger partial charge < -0.3 is 0 Å². The van der Waals surface area contributed by atoms with Crippen molar-refractivity contribution in [2.24, 2.45) is 34.5 Å². The summed E-state index contributed by atoms with van der Waals surface area (Å²) in [5.41, 5.74) is 0.0486. The normalized spacial score (nSPS) is 46.0. The first-order valence-electron chi connectivity index (χ1n) is 12.9. The summed E-state index contributed by atoms with van der Waals surface area (Å²) in [6, 6.07) is 0. The van der Waals surface area contributed by atoms with E-state index in [0.29, 0.717) is 30.1 Å². The van der Waals surface area contributed by atoms with Crippen LogP contribution in [0.2, 0.25) is 0 Å². The van der Waals surface area contributed by atoms with Gasteiger partial charge in [-0.2, -0.15) is 0 Å². The molecule has 0 aromatic rings. The van der Waals surface area contributed by atoms with Gasteiger partial charge in [-0.1, -0.05) is 53.7 Å². The number of hydrogen-bond acceptors (Lipinski definition) is 5. The van der Waals surface area contributed by atoms with Crippen molar-refractivity contribution in [3.8, 4) is 0 Å². The van der Waals surface area contributed by atoms with Gasteiger partial charge in [0.1, 0.15) is 17.3 Å². The lowest BCUT2D eigenvalue weighted by Crippen LogP contribution is -2.70. The minimum absolute atomic E-state index is 0.163. The third-order valence-corrected chi connectivity index (χ3v) is 10.6. The second kappa shape index (κ2) is 7.61. The molecule has 3 fully saturated rings. The number of carbonyl (C=O) groups is 1. The van der Waals surface area contributed by atoms with Gasteiger partial charge in [0, 0.05) is 22.8 Å². The van der Waals surface area contributed by atoms with Crippen LogP contribution in [0.25, 0.3) is 0 Å². The van der Waals surface area contributed by atoms with E-state index in [4.69, 9.17) is 14.7 Å². The van der Waals surface area contributed by atoms with Crippen molar-refractivity contribution in [1.82, 2.24) is 0 Å². The maximum Gasteiger partial charge on any atom is 0.155 e. The minimum atomic E-state index is -0.792. The van der Waals surface area contributed by atoms with E-state index in [-0.39, 0.29) is 16.6 Å². The molecule has 2 bridgehead atoms. The maximum absolute atomic E-state index is 12.3. The van der Waals surface area contributed by atoms with Gasteiger partial charge in [-0.3, -0.25) is 10.1 Å². The zero-order chi connectivity index (χ0) is 23.8. The molecule has 33 heavy (non-hydrogen) atoms. The van der Waals surface area contributed by atoms with Crippen molar-refractivity contribution in [3.63, 3.8) is 0 Å². The fraction of sp³-hybridized carbons (Fsp3) is 0.750. The Kier molecular flexibility index (Phi) is 5.41. The first kappa shape index (κ1) is 23.5. The molecule has 2 saturated carbocycles. The monoisotopic (exact) mass is 456 g/mol. The topological polar surface area (TPSA) is 65.0 Å². The first-order valence-corrected chi connectivity index (χ1v) is 12.9. The van der Waals surface area contributed by atoms with Crippen LogP contribution in [0, 0.1) is 34.5 Å². The fourth-order valence-electron chi connectivity index (χ4n) is 7.97. The van der Waals surface area contributed by atoms with Gasteiger partial charge in [0.05, 0.1) is 0 Å². The van der Waals surface area contributed by atoms with E-state index in [1.807, 2.05) is 0 Å². The summed E-state index contributed by atoms with van der Waals surface area (Å²) in [7, 11) is 0. The van der Waals surface area contributed by atoms with Gasteiger partial charge in [0.15, 0.2) is 5.78 Å². The Bertz CT molecular complexity index is 933. The Labute approximate surface area is 198 Å². The van der Waals surface area contributed by atoms with Crippen molar-refractivity contribution in [3.05, 3.63) is 35.5 Å². The lowest BCUT2D eigenvalue weighted by atomic mass is 9.45. The molecule has 8 atom stereocenters. The summed E-state index contributed by atoms with van der Waals surface area (Å²) in [6.45, 7) is 13.6. The lowest BCUT2D eigenvalue weighted by Gasteiger charge is -2.66. The van der Waals surface area contributed by atoms with Gasteiger partial charge in [-0.05, 0) is 73.5 Å². The molecule has 6 rings (SSSR count). The van der Waals surface area contributed by atoms with Gasteiger partial charge in [-0.25, -0.2) is 14.7 Å². The summed E-state index contributed by atoms with van der Waals surface area (Å²) in [6.07, 6.45) is 12.9. The van der Waals surface area contributed by atoms with Crippen molar-refractivity contribution in [2.45, 2.75) is 97.4 Å². The Morgan fingerprint density at radius 1 is 1.12 bits per heavy atom. The molecule has 0 radical (unpaired) electrons. The molecule has 0 amide bonds. The first-order chi connectivity index (χ1) is 15.5. The van der Waals surface area contributed by atoms with Crippen LogP contribution in [-0.2, 0) is 19.5 Å². The van der Waals surface area contributed by atoms with E-state index in [1.165, 1.54) is 0 Å². The molecule has 182 valence electrons.